The molecule has 0 unspecified atom stereocenters. The van der Waals surface area contributed by atoms with Gasteiger partial charge in [-0.25, -0.2) is 9.36 Å². The lowest BCUT2D eigenvalue weighted by atomic mass is 10.0. The van der Waals surface area contributed by atoms with Crippen LogP contribution in [0.1, 0.15) is 23.4 Å². The van der Waals surface area contributed by atoms with Crippen LogP contribution in [-0.2, 0) is 4.74 Å². The summed E-state index contributed by atoms with van der Waals surface area (Å²) in [6, 6.07) is 0. The van der Waals surface area contributed by atoms with Gasteiger partial charge in [0.25, 0.3) is 5.56 Å². The summed E-state index contributed by atoms with van der Waals surface area (Å²) >= 11 is 0. The molecule has 0 spiro atoms. The second-order valence-corrected chi connectivity index (χ2v) is 4.49. The Kier molecular flexibility index (Phi) is 3.86. The maximum absolute atomic E-state index is 11.7. The van der Waals surface area contributed by atoms with Crippen molar-refractivity contribution in [2.45, 2.75) is 31.3 Å². The molecule has 2 rings (SSSR count). The Labute approximate surface area is 112 Å². The quantitative estimate of drug-likeness (QED) is 0.465. The number of carbonyl (C=O) groups is 1. The third-order valence-corrected chi connectivity index (χ3v) is 3.16. The molecule has 0 radical (unpaired) electrons. The molecule has 9 nitrogen and oxygen atoms in total. The molecule has 4 N–H and O–H groups in total. The van der Waals surface area contributed by atoms with Gasteiger partial charge in [0.15, 0.2) is 0 Å². The van der Waals surface area contributed by atoms with Crippen LogP contribution >= 0.6 is 0 Å². The van der Waals surface area contributed by atoms with Crippen LogP contribution in [0.5, 0.6) is 0 Å². The predicted octanol–water partition coefficient (Wildman–Crippen LogP) is -2.65. The third-order valence-electron chi connectivity index (χ3n) is 3.16. The summed E-state index contributed by atoms with van der Waals surface area (Å²) in [5.41, 5.74) is -1.91. The molecule has 1 aromatic rings. The zero-order chi connectivity index (χ0) is 15.0. The number of rotatable bonds is 2. The van der Waals surface area contributed by atoms with Crippen LogP contribution in [0.2, 0.25) is 0 Å². The van der Waals surface area contributed by atoms with Crippen LogP contribution in [0.15, 0.2) is 15.8 Å². The average Bonchev–Trinajstić information content (AvgIpc) is 2.66. The summed E-state index contributed by atoms with van der Waals surface area (Å²) in [5, 5.41) is 28.4. The van der Waals surface area contributed by atoms with Gasteiger partial charge in [0.1, 0.15) is 24.4 Å². The lowest BCUT2D eigenvalue weighted by molar-refractivity contribution is -0.0233. The SMILES string of the molecule is CC(=O)n1cc([C@@H]2O[C@H](CO)[C@@H](O)[C@H]2O)c(=O)[nH]c1=O. The number of ether oxygens (including phenoxy) is 1. The van der Waals surface area contributed by atoms with E-state index >= 15 is 0 Å². The van der Waals surface area contributed by atoms with Gasteiger partial charge in [-0.05, 0) is 0 Å². The lowest BCUT2D eigenvalue weighted by Crippen LogP contribution is -2.37. The minimum atomic E-state index is -1.45. The van der Waals surface area contributed by atoms with Gasteiger partial charge in [-0.1, -0.05) is 0 Å². The molecule has 110 valence electrons. The van der Waals surface area contributed by atoms with Gasteiger partial charge in [0.05, 0.1) is 12.2 Å². The van der Waals surface area contributed by atoms with E-state index in [4.69, 9.17) is 9.84 Å². The van der Waals surface area contributed by atoms with Crippen molar-refractivity contribution in [1.82, 2.24) is 9.55 Å². The molecule has 1 aromatic heterocycles. The maximum atomic E-state index is 11.7. The van der Waals surface area contributed by atoms with Gasteiger partial charge in [-0.15, -0.1) is 0 Å². The first-order valence-electron chi connectivity index (χ1n) is 5.86. The standard InChI is InChI=1S/C11H14N2O7/c1-4(15)13-2-5(10(18)12-11(13)19)9-8(17)7(16)6(3-14)20-9/h2,6-9,14,16-17H,3H2,1H3,(H,12,18,19)/t6-,7-,8-,9+/m1/s1. The fraction of sp³-hybridized carbons (Fsp3) is 0.545. The smallest absolute Gasteiger partial charge is 0.335 e. The van der Waals surface area contributed by atoms with Crippen LogP contribution in [0.3, 0.4) is 0 Å². The number of hydrogen-bond donors (Lipinski definition) is 4. The summed E-state index contributed by atoms with van der Waals surface area (Å²) in [6.45, 7) is 0.583. The van der Waals surface area contributed by atoms with Gasteiger partial charge in [0.2, 0.25) is 5.91 Å². The van der Waals surface area contributed by atoms with E-state index in [2.05, 4.69) is 0 Å². The van der Waals surface area contributed by atoms with Crippen molar-refractivity contribution in [1.29, 1.82) is 0 Å². The monoisotopic (exact) mass is 286 g/mol. The molecule has 1 fully saturated rings. The molecule has 1 aliphatic heterocycles. The molecule has 20 heavy (non-hydrogen) atoms. The van der Waals surface area contributed by atoms with Crippen LogP contribution in [0, 0.1) is 0 Å². The first kappa shape index (κ1) is 14.6. The topological polar surface area (TPSA) is 142 Å². The van der Waals surface area contributed by atoms with Gasteiger partial charge < -0.3 is 20.1 Å². The normalized spacial score (nSPS) is 29.6. The minimum Gasteiger partial charge on any atom is -0.394 e. The van der Waals surface area contributed by atoms with E-state index in [-0.39, 0.29) is 5.56 Å². The molecule has 0 amide bonds. The highest BCUT2D eigenvalue weighted by molar-refractivity contribution is 5.75. The summed E-state index contributed by atoms with van der Waals surface area (Å²) in [7, 11) is 0. The zero-order valence-corrected chi connectivity index (χ0v) is 10.5. The number of nitrogens with zero attached hydrogens (tertiary/aromatic N) is 1. The fourth-order valence-electron chi connectivity index (χ4n) is 2.08. The zero-order valence-electron chi connectivity index (χ0n) is 10.5. The molecule has 0 saturated carbocycles. The number of aromatic amines is 1. The first-order chi connectivity index (χ1) is 9.36. The fourth-order valence-corrected chi connectivity index (χ4v) is 2.08. The van der Waals surface area contributed by atoms with Gasteiger partial charge >= 0.3 is 5.69 Å². The summed E-state index contributed by atoms with van der Waals surface area (Å²) in [5.74, 6) is -0.626. The van der Waals surface area contributed by atoms with E-state index in [1.807, 2.05) is 4.98 Å². The molecule has 1 aliphatic rings. The van der Waals surface area contributed by atoms with E-state index < -0.39 is 48.2 Å². The van der Waals surface area contributed by atoms with Crippen LogP contribution in [-0.4, -0.2) is 55.7 Å². The largest absolute Gasteiger partial charge is 0.394 e. The van der Waals surface area contributed by atoms with Crippen molar-refractivity contribution in [3.8, 4) is 0 Å². The van der Waals surface area contributed by atoms with Crippen LogP contribution in [0.4, 0.5) is 0 Å². The number of aliphatic hydroxyl groups is 3. The average molecular weight is 286 g/mol. The molecule has 0 aliphatic carbocycles. The summed E-state index contributed by atoms with van der Waals surface area (Å²) < 4.78 is 5.84. The molecule has 0 bridgehead atoms. The van der Waals surface area contributed by atoms with E-state index in [1.54, 1.807) is 0 Å². The van der Waals surface area contributed by atoms with E-state index in [1.165, 1.54) is 0 Å². The van der Waals surface area contributed by atoms with Crippen molar-refractivity contribution in [2.75, 3.05) is 6.61 Å². The second kappa shape index (κ2) is 5.29. The second-order valence-electron chi connectivity index (χ2n) is 4.49. The number of H-pyrrole nitrogens is 1. The number of nitrogens with one attached hydrogen (secondary N) is 1. The summed E-state index contributed by atoms with van der Waals surface area (Å²) in [6.07, 6.45) is -4.15. The molecule has 0 aromatic carbocycles. The highest BCUT2D eigenvalue weighted by atomic mass is 16.6. The van der Waals surface area contributed by atoms with Crippen molar-refractivity contribution in [2.24, 2.45) is 0 Å². The molecular weight excluding hydrogens is 272 g/mol. The lowest BCUT2D eigenvalue weighted by Gasteiger charge is -2.14. The summed E-state index contributed by atoms with van der Waals surface area (Å²) in [4.78, 5) is 36.3. The van der Waals surface area contributed by atoms with Gasteiger partial charge in [0, 0.05) is 13.1 Å². The molecular formula is C11H14N2O7. The van der Waals surface area contributed by atoms with Gasteiger partial charge in [-0.3, -0.25) is 14.6 Å². The Morgan fingerprint density at radius 1 is 1.40 bits per heavy atom. The number of hydrogen-bond acceptors (Lipinski definition) is 7. The maximum Gasteiger partial charge on any atom is 0.335 e. The van der Waals surface area contributed by atoms with E-state index in [9.17, 15) is 24.6 Å². The molecule has 4 atom stereocenters. The Morgan fingerprint density at radius 2 is 2.05 bits per heavy atom. The Hall–Kier alpha value is -1.81. The number of aliphatic hydroxyl groups excluding tert-OH is 3. The molecule has 1 saturated heterocycles. The van der Waals surface area contributed by atoms with Crippen LogP contribution < -0.4 is 11.2 Å². The van der Waals surface area contributed by atoms with E-state index in [0.29, 0.717) is 4.57 Å². The highest BCUT2D eigenvalue weighted by Crippen LogP contribution is 2.31. The highest BCUT2D eigenvalue weighted by Gasteiger charge is 2.44. The number of aromatic nitrogens is 2. The Morgan fingerprint density at radius 3 is 2.55 bits per heavy atom. The van der Waals surface area contributed by atoms with Crippen molar-refractivity contribution in [3.05, 3.63) is 32.6 Å². The molecule has 2 heterocycles. The third kappa shape index (κ3) is 2.31. The first-order valence-corrected chi connectivity index (χ1v) is 5.86. The van der Waals surface area contributed by atoms with Crippen molar-refractivity contribution < 1.29 is 24.9 Å². The Bertz CT molecular complexity index is 634. The van der Waals surface area contributed by atoms with Crippen molar-refractivity contribution >= 4 is 5.91 Å². The van der Waals surface area contributed by atoms with Crippen molar-refractivity contribution in [3.63, 3.8) is 0 Å². The minimum absolute atomic E-state index is 0.178. The number of carbonyl (C=O) groups excluding carboxylic acids is 1. The molecule has 9 heteroatoms. The predicted molar refractivity (Wildman–Crippen MR) is 64.3 cm³/mol. The Balaban J connectivity index is 2.48. The van der Waals surface area contributed by atoms with Crippen LogP contribution in [0.25, 0.3) is 0 Å². The van der Waals surface area contributed by atoms with E-state index in [0.717, 1.165) is 13.1 Å². The van der Waals surface area contributed by atoms with Gasteiger partial charge in [-0.2, -0.15) is 0 Å².